The van der Waals surface area contributed by atoms with Crippen LogP contribution in [0.3, 0.4) is 0 Å². The van der Waals surface area contributed by atoms with E-state index in [0.29, 0.717) is 24.3 Å². The topological polar surface area (TPSA) is 12.5 Å². The maximum atomic E-state index is 14.1. The van der Waals surface area contributed by atoms with Crippen molar-refractivity contribution >= 4 is 36.5 Å². The summed E-state index contributed by atoms with van der Waals surface area (Å²) in [5.41, 5.74) is 0.756. The fraction of sp³-hybridized carbons (Fsp3) is 0.529. The van der Waals surface area contributed by atoms with Crippen molar-refractivity contribution in [1.82, 2.24) is 3.87 Å². The van der Waals surface area contributed by atoms with Gasteiger partial charge in [-0.05, 0) is 57.2 Å². The van der Waals surface area contributed by atoms with Crippen molar-refractivity contribution < 1.29 is 22.4 Å². The van der Waals surface area contributed by atoms with E-state index in [2.05, 4.69) is 19.2 Å². The Hall–Kier alpha value is -0.350. The van der Waals surface area contributed by atoms with Crippen molar-refractivity contribution in [2.24, 2.45) is 5.92 Å². The number of benzene rings is 1. The summed E-state index contributed by atoms with van der Waals surface area (Å²) < 4.78 is 56.0. The fourth-order valence-electron chi connectivity index (χ4n) is 2.79. The molecule has 1 aromatic rings. The lowest BCUT2D eigenvalue weighted by molar-refractivity contribution is -0.0768. The van der Waals surface area contributed by atoms with Crippen molar-refractivity contribution in [2.75, 3.05) is 6.26 Å². The highest BCUT2D eigenvalue weighted by molar-refractivity contribution is 8.11. The average Bonchev–Trinajstić information content (AvgIpc) is 2.62. The van der Waals surface area contributed by atoms with Crippen LogP contribution in [0.4, 0.5) is 17.6 Å². The third-order valence-electron chi connectivity index (χ3n) is 4.44. The highest BCUT2D eigenvalue weighted by atomic mass is 32.2. The summed E-state index contributed by atoms with van der Waals surface area (Å²) in [5, 5.41) is -0.0199. The van der Waals surface area contributed by atoms with Gasteiger partial charge >= 0.3 is 0 Å². The van der Waals surface area contributed by atoms with E-state index in [1.165, 1.54) is 10.8 Å². The molecule has 0 N–H and O–H groups in total. The van der Waals surface area contributed by atoms with E-state index in [1.54, 1.807) is 6.26 Å². The van der Waals surface area contributed by atoms with Crippen molar-refractivity contribution in [2.45, 2.75) is 49.4 Å². The van der Waals surface area contributed by atoms with Crippen LogP contribution in [0.1, 0.15) is 31.7 Å². The van der Waals surface area contributed by atoms with E-state index in [9.17, 15) is 17.6 Å². The van der Waals surface area contributed by atoms with E-state index < -0.39 is 23.3 Å². The lowest BCUT2D eigenvalue weighted by Gasteiger charge is -2.35. The van der Waals surface area contributed by atoms with Crippen molar-refractivity contribution in [3.05, 3.63) is 41.0 Å². The zero-order chi connectivity index (χ0) is 19.6. The number of halogens is 4. The molecule has 146 valence electrons. The molecule has 1 saturated carbocycles. The highest BCUT2D eigenvalue weighted by Crippen LogP contribution is 2.40. The minimum atomic E-state index is -1.83. The number of allylic oxidation sites excluding steroid dienone is 1. The molecule has 0 aromatic heterocycles. The van der Waals surface area contributed by atoms with Crippen LogP contribution in [0.15, 0.2) is 17.0 Å². The molecule has 1 aromatic carbocycles. The third kappa shape index (κ3) is 4.73. The molecule has 0 saturated heterocycles. The summed E-state index contributed by atoms with van der Waals surface area (Å²) in [5.74, 6) is -6.17. The summed E-state index contributed by atoms with van der Waals surface area (Å²) in [4.78, 5) is 5.55. The van der Waals surface area contributed by atoms with Crippen LogP contribution in [0.5, 0.6) is 0 Å². The van der Waals surface area contributed by atoms with Gasteiger partial charge in [-0.1, -0.05) is 16.0 Å². The standard InChI is InChI=1S/C17H21F4NOS3/c1-8(2)10-5-6-12(24)11(7-10)23-22(25-4)26-17-9(3)13(18)14(19)15(20)16(17)21/h10-12,24H,1,5-7H2,2-4H3. The van der Waals surface area contributed by atoms with Crippen molar-refractivity contribution in [1.29, 1.82) is 0 Å². The van der Waals surface area contributed by atoms with Crippen LogP contribution in [-0.4, -0.2) is 21.5 Å². The van der Waals surface area contributed by atoms with Gasteiger partial charge in [-0.15, -0.1) is 0 Å². The normalized spacial score (nSPS) is 23.5. The average molecular weight is 428 g/mol. The van der Waals surface area contributed by atoms with Crippen LogP contribution in [0, 0.1) is 36.1 Å². The number of nitrogens with zero attached hydrogens (tertiary/aromatic N) is 1. The quantitative estimate of drug-likeness (QED) is 0.112. The van der Waals surface area contributed by atoms with Gasteiger partial charge in [-0.25, -0.2) is 17.6 Å². The molecule has 0 heterocycles. The third-order valence-corrected chi connectivity index (χ3v) is 6.99. The summed E-state index contributed by atoms with van der Waals surface area (Å²) in [6.07, 6.45) is 3.94. The Labute approximate surface area is 165 Å². The molecular weight excluding hydrogens is 406 g/mol. The lowest BCUT2D eigenvalue weighted by Crippen LogP contribution is -2.35. The summed E-state index contributed by atoms with van der Waals surface area (Å²) in [6, 6.07) is 0. The minimum absolute atomic E-state index is 0.0199. The predicted molar refractivity (Wildman–Crippen MR) is 102 cm³/mol. The molecule has 0 radical (unpaired) electrons. The number of hydrogen-bond acceptors (Lipinski definition) is 5. The maximum absolute atomic E-state index is 14.1. The van der Waals surface area contributed by atoms with Crippen LogP contribution in [-0.2, 0) is 4.84 Å². The van der Waals surface area contributed by atoms with Gasteiger partial charge in [-0.2, -0.15) is 12.6 Å². The van der Waals surface area contributed by atoms with Gasteiger partial charge in [0.2, 0.25) is 0 Å². The van der Waals surface area contributed by atoms with Gasteiger partial charge in [0.15, 0.2) is 23.3 Å². The number of hydrogen-bond donors (Lipinski definition) is 1. The first kappa shape index (κ1) is 21.9. The SMILES string of the molecule is C=C(C)C1CCC(S)C(ON(SC)Sc2c(C)c(F)c(F)c(F)c2F)C1. The number of rotatable bonds is 6. The first-order chi connectivity index (χ1) is 12.2. The lowest BCUT2D eigenvalue weighted by atomic mass is 9.83. The number of thiol groups is 1. The molecule has 3 atom stereocenters. The molecule has 26 heavy (non-hydrogen) atoms. The zero-order valence-electron chi connectivity index (χ0n) is 14.7. The molecule has 2 nitrogen and oxygen atoms in total. The van der Waals surface area contributed by atoms with Crippen molar-refractivity contribution in [3.8, 4) is 0 Å². The Bertz CT molecular complexity index is 659. The molecule has 1 aliphatic carbocycles. The van der Waals surface area contributed by atoms with E-state index in [-0.39, 0.29) is 21.8 Å². The fourth-order valence-corrected chi connectivity index (χ4v) is 4.53. The van der Waals surface area contributed by atoms with Gasteiger partial charge < -0.3 is 0 Å². The second kappa shape index (κ2) is 9.23. The van der Waals surface area contributed by atoms with Crippen LogP contribution >= 0.6 is 36.5 Å². The summed E-state index contributed by atoms with van der Waals surface area (Å²) in [6.45, 7) is 7.14. The molecule has 3 unspecified atom stereocenters. The second-order valence-electron chi connectivity index (χ2n) is 6.28. The molecule has 9 heteroatoms. The van der Waals surface area contributed by atoms with Gasteiger partial charge in [-0.3, -0.25) is 4.84 Å². The largest absolute Gasteiger partial charge is 0.273 e. The smallest absolute Gasteiger partial charge is 0.198 e. The summed E-state index contributed by atoms with van der Waals surface area (Å²) >= 11 is 6.34. The first-order valence-electron chi connectivity index (χ1n) is 8.02. The Kier molecular flexibility index (Phi) is 7.79. The highest BCUT2D eigenvalue weighted by Gasteiger charge is 2.32. The molecule has 0 spiro atoms. The molecular formula is C17H21F4NOS3. The predicted octanol–water partition coefficient (Wildman–Crippen LogP) is 6.11. The molecule has 0 aliphatic heterocycles. The monoisotopic (exact) mass is 427 g/mol. The van der Waals surface area contributed by atoms with E-state index in [1.807, 2.05) is 6.92 Å². The molecule has 1 aliphatic rings. The van der Waals surface area contributed by atoms with E-state index >= 15 is 0 Å². The molecule has 0 amide bonds. The van der Waals surface area contributed by atoms with Gasteiger partial charge in [0.1, 0.15) is 0 Å². The molecule has 2 rings (SSSR count). The van der Waals surface area contributed by atoms with Crippen LogP contribution in [0.25, 0.3) is 0 Å². The second-order valence-corrected chi connectivity index (χ2v) is 8.79. The van der Waals surface area contributed by atoms with E-state index in [0.717, 1.165) is 30.4 Å². The molecule has 0 bridgehead atoms. The van der Waals surface area contributed by atoms with Crippen molar-refractivity contribution in [3.63, 3.8) is 0 Å². The Morgan fingerprint density at radius 2 is 1.77 bits per heavy atom. The van der Waals surface area contributed by atoms with Gasteiger partial charge in [0.05, 0.1) is 11.0 Å². The van der Waals surface area contributed by atoms with Gasteiger partial charge in [0, 0.05) is 22.8 Å². The Balaban J connectivity index is 2.19. The van der Waals surface area contributed by atoms with Gasteiger partial charge in [0.25, 0.3) is 0 Å². The molecule has 1 fully saturated rings. The van der Waals surface area contributed by atoms with Crippen LogP contribution < -0.4 is 0 Å². The first-order valence-corrected chi connectivity index (χ1v) is 10.5. The zero-order valence-corrected chi connectivity index (χ0v) is 17.2. The Morgan fingerprint density at radius 1 is 1.15 bits per heavy atom. The Morgan fingerprint density at radius 3 is 2.35 bits per heavy atom. The maximum Gasteiger partial charge on any atom is 0.198 e. The summed E-state index contributed by atoms with van der Waals surface area (Å²) in [7, 11) is 0. The van der Waals surface area contributed by atoms with Crippen LogP contribution in [0.2, 0.25) is 0 Å². The minimum Gasteiger partial charge on any atom is -0.273 e. The van der Waals surface area contributed by atoms with E-state index in [4.69, 9.17) is 4.84 Å².